The molecule has 9 nitrogen and oxygen atoms in total. The molecule has 4 aromatic heterocycles. The highest BCUT2D eigenvalue weighted by Gasteiger charge is 2.17. The summed E-state index contributed by atoms with van der Waals surface area (Å²) >= 11 is 6.26. The Morgan fingerprint density at radius 2 is 1.84 bits per heavy atom. The number of fused-ring (bicyclic) bond motifs is 1. The SMILES string of the molecule is O=C(Nc1cnc(-n2nccn2)c(Cl)c1)c1ccnn1-c1cncc2c(F)cccc12. The standard InChI is InChI=1S/C20H12ClFN8O/c21-15-8-12(9-24-19(15)30-26-6-7-27-30)28-20(31)17-4-5-25-29(17)18-11-23-10-14-13(18)2-1-3-16(14)22/h1-11H,(H,28,31). The first kappa shape index (κ1) is 18.8. The molecule has 1 amide bonds. The van der Waals surface area contributed by atoms with E-state index in [2.05, 4.69) is 30.6 Å². The maximum Gasteiger partial charge on any atom is 0.274 e. The van der Waals surface area contributed by atoms with Gasteiger partial charge in [-0.25, -0.2) is 14.1 Å². The molecule has 0 unspecified atom stereocenters. The lowest BCUT2D eigenvalue weighted by atomic mass is 10.1. The summed E-state index contributed by atoms with van der Waals surface area (Å²) in [5.74, 6) is -0.523. The van der Waals surface area contributed by atoms with Crippen LogP contribution in [0.1, 0.15) is 10.5 Å². The maximum absolute atomic E-state index is 14.1. The zero-order valence-electron chi connectivity index (χ0n) is 15.6. The van der Waals surface area contributed by atoms with Gasteiger partial charge in [0.25, 0.3) is 5.91 Å². The molecule has 4 heterocycles. The molecule has 152 valence electrons. The summed E-state index contributed by atoms with van der Waals surface area (Å²) in [5.41, 5.74) is 1.08. The lowest BCUT2D eigenvalue weighted by Crippen LogP contribution is -2.17. The van der Waals surface area contributed by atoms with Gasteiger partial charge in [0.05, 0.1) is 47.4 Å². The highest BCUT2D eigenvalue weighted by molar-refractivity contribution is 6.32. The normalized spacial score (nSPS) is 11.0. The molecule has 0 aliphatic rings. The van der Waals surface area contributed by atoms with E-state index in [0.717, 1.165) is 0 Å². The molecule has 5 rings (SSSR count). The fraction of sp³-hybridized carbons (Fsp3) is 0. The number of nitrogens with one attached hydrogen (secondary N) is 1. The van der Waals surface area contributed by atoms with Crippen molar-refractivity contribution >= 4 is 34.0 Å². The molecule has 0 saturated heterocycles. The summed E-state index contributed by atoms with van der Waals surface area (Å²) in [4.78, 5) is 22.5. The molecular formula is C20H12ClFN8O. The van der Waals surface area contributed by atoms with Gasteiger partial charge in [0, 0.05) is 17.0 Å². The van der Waals surface area contributed by atoms with Crippen molar-refractivity contribution in [2.75, 3.05) is 5.32 Å². The molecule has 0 saturated carbocycles. The number of aromatic nitrogens is 7. The van der Waals surface area contributed by atoms with Gasteiger partial charge in [-0.2, -0.15) is 15.3 Å². The van der Waals surface area contributed by atoms with Crippen LogP contribution in [0.5, 0.6) is 0 Å². The van der Waals surface area contributed by atoms with Crippen LogP contribution in [0, 0.1) is 5.82 Å². The van der Waals surface area contributed by atoms with Crippen LogP contribution >= 0.6 is 11.6 Å². The molecular weight excluding hydrogens is 423 g/mol. The van der Waals surface area contributed by atoms with E-state index >= 15 is 0 Å². The molecule has 0 atom stereocenters. The second-order valence-corrected chi connectivity index (χ2v) is 6.83. The molecule has 0 aliphatic carbocycles. The fourth-order valence-electron chi connectivity index (χ4n) is 3.15. The number of pyridine rings is 2. The molecule has 0 bridgehead atoms. The van der Waals surface area contributed by atoms with Crippen LogP contribution in [0.15, 0.2) is 67.5 Å². The molecule has 0 radical (unpaired) electrons. The van der Waals surface area contributed by atoms with Crippen LogP contribution in [0.25, 0.3) is 22.3 Å². The summed E-state index contributed by atoms with van der Waals surface area (Å²) in [7, 11) is 0. The van der Waals surface area contributed by atoms with Gasteiger partial charge in [-0.3, -0.25) is 9.78 Å². The largest absolute Gasteiger partial charge is 0.319 e. The third-order valence-corrected chi connectivity index (χ3v) is 4.80. The zero-order valence-corrected chi connectivity index (χ0v) is 16.4. The van der Waals surface area contributed by atoms with Crippen LogP contribution in [0.2, 0.25) is 5.02 Å². The van der Waals surface area contributed by atoms with Gasteiger partial charge in [-0.1, -0.05) is 23.7 Å². The summed E-state index contributed by atoms with van der Waals surface area (Å²) in [6.07, 6.45) is 8.88. The van der Waals surface area contributed by atoms with Gasteiger partial charge >= 0.3 is 0 Å². The lowest BCUT2D eigenvalue weighted by Gasteiger charge is -2.11. The van der Waals surface area contributed by atoms with Crippen molar-refractivity contribution in [2.24, 2.45) is 0 Å². The molecule has 0 aliphatic heterocycles. The summed E-state index contributed by atoms with van der Waals surface area (Å²) in [5, 5.41) is 16.1. The zero-order chi connectivity index (χ0) is 21.4. The number of carbonyl (C=O) groups excluding carboxylic acids is 1. The Kier molecular flexibility index (Phi) is 4.60. The Balaban J connectivity index is 1.47. The van der Waals surface area contributed by atoms with Crippen molar-refractivity contribution in [2.45, 2.75) is 0 Å². The Hall–Kier alpha value is -4.18. The first-order valence-corrected chi connectivity index (χ1v) is 9.40. The second-order valence-electron chi connectivity index (χ2n) is 6.42. The quantitative estimate of drug-likeness (QED) is 0.464. The molecule has 0 spiro atoms. The summed E-state index contributed by atoms with van der Waals surface area (Å²) < 4.78 is 15.6. The van der Waals surface area contributed by atoms with E-state index in [1.54, 1.807) is 24.3 Å². The van der Waals surface area contributed by atoms with E-state index in [1.165, 1.54) is 52.7 Å². The smallest absolute Gasteiger partial charge is 0.274 e. The van der Waals surface area contributed by atoms with Gasteiger partial charge < -0.3 is 5.32 Å². The average Bonchev–Trinajstić information content (AvgIpc) is 3.46. The Morgan fingerprint density at radius 1 is 1.00 bits per heavy atom. The minimum Gasteiger partial charge on any atom is -0.319 e. The topological polar surface area (TPSA) is 103 Å². The van der Waals surface area contributed by atoms with E-state index in [9.17, 15) is 9.18 Å². The predicted octanol–water partition coefficient (Wildman–Crippen LogP) is 3.44. The monoisotopic (exact) mass is 434 g/mol. The van der Waals surface area contributed by atoms with Crippen LogP contribution in [-0.4, -0.2) is 40.6 Å². The lowest BCUT2D eigenvalue weighted by molar-refractivity contribution is 0.101. The number of carbonyl (C=O) groups is 1. The molecule has 31 heavy (non-hydrogen) atoms. The molecule has 1 N–H and O–H groups in total. The van der Waals surface area contributed by atoms with E-state index in [4.69, 9.17) is 11.6 Å². The Bertz CT molecular complexity index is 1420. The number of anilines is 1. The predicted molar refractivity (Wildman–Crippen MR) is 111 cm³/mol. The number of rotatable bonds is 4. The third kappa shape index (κ3) is 3.38. The van der Waals surface area contributed by atoms with Gasteiger partial charge in [0.15, 0.2) is 5.82 Å². The van der Waals surface area contributed by atoms with E-state index in [1.807, 2.05) is 0 Å². The minimum atomic E-state index is -0.450. The first-order valence-electron chi connectivity index (χ1n) is 9.02. The molecule has 1 aromatic carbocycles. The first-order chi connectivity index (χ1) is 15.1. The highest BCUT2D eigenvalue weighted by atomic mass is 35.5. The number of nitrogens with zero attached hydrogens (tertiary/aromatic N) is 7. The van der Waals surface area contributed by atoms with Crippen molar-refractivity contribution in [3.05, 3.63) is 84.0 Å². The van der Waals surface area contributed by atoms with Crippen molar-refractivity contribution in [1.82, 2.24) is 34.7 Å². The van der Waals surface area contributed by atoms with Gasteiger partial charge in [-0.15, -0.1) is 4.80 Å². The van der Waals surface area contributed by atoms with Gasteiger partial charge in [-0.05, 0) is 18.2 Å². The number of amides is 1. The van der Waals surface area contributed by atoms with Gasteiger partial charge in [0.1, 0.15) is 11.5 Å². The van der Waals surface area contributed by atoms with Crippen molar-refractivity contribution in [3.63, 3.8) is 0 Å². The van der Waals surface area contributed by atoms with E-state index in [0.29, 0.717) is 28.0 Å². The van der Waals surface area contributed by atoms with Crippen molar-refractivity contribution in [1.29, 1.82) is 0 Å². The number of benzene rings is 1. The van der Waals surface area contributed by atoms with Crippen molar-refractivity contribution < 1.29 is 9.18 Å². The van der Waals surface area contributed by atoms with Crippen LogP contribution in [0.3, 0.4) is 0 Å². The van der Waals surface area contributed by atoms with E-state index in [-0.39, 0.29) is 10.7 Å². The molecule has 5 aromatic rings. The average molecular weight is 435 g/mol. The van der Waals surface area contributed by atoms with Gasteiger partial charge in [0.2, 0.25) is 0 Å². The van der Waals surface area contributed by atoms with Crippen LogP contribution < -0.4 is 5.32 Å². The van der Waals surface area contributed by atoms with E-state index < -0.39 is 11.7 Å². The highest BCUT2D eigenvalue weighted by Crippen LogP contribution is 2.25. The Labute approximate surface area is 179 Å². The summed E-state index contributed by atoms with van der Waals surface area (Å²) in [6.45, 7) is 0. The summed E-state index contributed by atoms with van der Waals surface area (Å²) in [6, 6.07) is 7.77. The fourth-order valence-corrected chi connectivity index (χ4v) is 3.39. The number of halogens is 2. The minimum absolute atomic E-state index is 0.229. The van der Waals surface area contributed by atoms with Crippen molar-refractivity contribution in [3.8, 4) is 11.5 Å². The van der Waals surface area contributed by atoms with Crippen LogP contribution in [0.4, 0.5) is 10.1 Å². The molecule has 0 fully saturated rings. The van der Waals surface area contributed by atoms with Crippen LogP contribution in [-0.2, 0) is 0 Å². The molecule has 11 heteroatoms. The number of hydrogen-bond donors (Lipinski definition) is 1. The third-order valence-electron chi connectivity index (χ3n) is 4.52. The second kappa shape index (κ2) is 7.58. The number of hydrogen-bond acceptors (Lipinski definition) is 6. The Morgan fingerprint density at radius 3 is 2.65 bits per heavy atom. The maximum atomic E-state index is 14.1.